The van der Waals surface area contributed by atoms with E-state index in [1.54, 1.807) is 0 Å². The number of thioether (sulfide) groups is 1. The highest BCUT2D eigenvalue weighted by Crippen LogP contribution is 2.39. The van der Waals surface area contributed by atoms with Gasteiger partial charge in [0, 0.05) is 11.7 Å². The van der Waals surface area contributed by atoms with Gasteiger partial charge in [-0.2, -0.15) is 0 Å². The van der Waals surface area contributed by atoms with Crippen LogP contribution >= 0.6 is 11.8 Å². The molecule has 19 heavy (non-hydrogen) atoms. The Kier molecular flexibility index (Phi) is 3.89. The Bertz CT molecular complexity index is 472. The molecule has 0 aromatic heterocycles. The average Bonchev–Trinajstić information content (AvgIpc) is 2.82. The zero-order chi connectivity index (χ0) is 13.2. The molecule has 2 aliphatic rings. The van der Waals surface area contributed by atoms with E-state index in [0.29, 0.717) is 17.2 Å². The van der Waals surface area contributed by atoms with Crippen molar-refractivity contribution in [3.8, 4) is 0 Å². The van der Waals surface area contributed by atoms with Crippen molar-refractivity contribution in [1.82, 2.24) is 0 Å². The van der Waals surface area contributed by atoms with Gasteiger partial charge in [0.25, 0.3) is 0 Å². The Morgan fingerprint density at radius 1 is 1.26 bits per heavy atom. The van der Waals surface area contributed by atoms with Crippen LogP contribution in [0.25, 0.3) is 0 Å². The zero-order valence-electron chi connectivity index (χ0n) is 10.9. The maximum absolute atomic E-state index is 12.9. The van der Waals surface area contributed by atoms with Crippen molar-refractivity contribution in [2.75, 3.05) is 6.54 Å². The van der Waals surface area contributed by atoms with Gasteiger partial charge in [-0.05, 0) is 49.4 Å². The molecule has 3 rings (SSSR count). The van der Waals surface area contributed by atoms with E-state index in [1.165, 1.54) is 36.4 Å². The Labute approximate surface area is 117 Å². The van der Waals surface area contributed by atoms with E-state index in [0.717, 1.165) is 18.5 Å². The number of benzene rings is 1. The Morgan fingerprint density at radius 2 is 2.05 bits per heavy atom. The van der Waals surface area contributed by atoms with Crippen molar-refractivity contribution in [3.05, 3.63) is 35.6 Å². The summed E-state index contributed by atoms with van der Waals surface area (Å²) in [5.74, 6) is 0.498. The van der Waals surface area contributed by atoms with Gasteiger partial charge in [-0.1, -0.05) is 12.1 Å². The van der Waals surface area contributed by atoms with E-state index in [-0.39, 0.29) is 5.82 Å². The molecular weight excluding hydrogens is 259 g/mol. The third-order valence-corrected chi connectivity index (χ3v) is 5.40. The van der Waals surface area contributed by atoms with Gasteiger partial charge in [0.05, 0.1) is 11.1 Å². The summed E-state index contributed by atoms with van der Waals surface area (Å²) in [6.45, 7) is 0.803. The molecule has 1 saturated carbocycles. The first-order chi connectivity index (χ1) is 9.24. The summed E-state index contributed by atoms with van der Waals surface area (Å²) in [6.07, 6.45) is 4.42. The van der Waals surface area contributed by atoms with Crippen molar-refractivity contribution in [1.29, 1.82) is 0 Å². The van der Waals surface area contributed by atoms with Crippen LogP contribution in [-0.2, 0) is 6.42 Å². The van der Waals surface area contributed by atoms with Gasteiger partial charge in [-0.15, -0.1) is 11.8 Å². The molecule has 0 spiro atoms. The lowest BCUT2D eigenvalue weighted by Crippen LogP contribution is -2.31. The average molecular weight is 278 g/mol. The third kappa shape index (κ3) is 3.00. The predicted octanol–water partition coefficient (Wildman–Crippen LogP) is 3.01. The molecule has 4 heteroatoms. The molecule has 1 fully saturated rings. The van der Waals surface area contributed by atoms with Crippen LogP contribution < -0.4 is 5.73 Å². The van der Waals surface area contributed by atoms with Gasteiger partial charge in [0.2, 0.25) is 0 Å². The van der Waals surface area contributed by atoms with Crippen LogP contribution in [0.15, 0.2) is 29.3 Å². The second kappa shape index (κ2) is 5.63. The summed E-state index contributed by atoms with van der Waals surface area (Å²) in [6, 6.07) is 7.23. The van der Waals surface area contributed by atoms with Crippen LogP contribution in [0.4, 0.5) is 4.39 Å². The molecule has 0 radical (unpaired) electrons. The number of nitrogens with two attached hydrogens (primary N) is 1. The second-order valence-electron chi connectivity index (χ2n) is 5.46. The Morgan fingerprint density at radius 3 is 2.79 bits per heavy atom. The number of rotatable bonds is 3. The minimum atomic E-state index is -0.177. The topological polar surface area (TPSA) is 38.4 Å². The summed E-state index contributed by atoms with van der Waals surface area (Å²) < 4.78 is 12.9. The molecule has 1 heterocycles. The summed E-state index contributed by atoms with van der Waals surface area (Å²) in [4.78, 5) is 4.84. The minimum absolute atomic E-state index is 0.177. The van der Waals surface area contributed by atoms with Crippen molar-refractivity contribution < 1.29 is 4.39 Å². The van der Waals surface area contributed by atoms with Crippen LogP contribution in [0.1, 0.15) is 24.8 Å². The SMILES string of the molecule is NCC1CCC2N=C(Cc3ccc(F)cc3)SC2C1. The van der Waals surface area contributed by atoms with Crippen LogP contribution in [0.3, 0.4) is 0 Å². The molecule has 0 saturated heterocycles. The molecule has 1 aliphatic carbocycles. The van der Waals surface area contributed by atoms with Crippen molar-refractivity contribution in [3.63, 3.8) is 0 Å². The number of aliphatic imine (C=N–C) groups is 1. The lowest BCUT2D eigenvalue weighted by atomic mass is 9.86. The number of halogens is 1. The van der Waals surface area contributed by atoms with Gasteiger partial charge < -0.3 is 5.73 Å². The number of hydrogen-bond donors (Lipinski definition) is 1. The third-order valence-electron chi connectivity index (χ3n) is 4.06. The van der Waals surface area contributed by atoms with Crippen molar-refractivity contribution in [2.45, 2.75) is 37.0 Å². The molecule has 1 aromatic carbocycles. The fraction of sp³-hybridized carbons (Fsp3) is 0.533. The fourth-order valence-electron chi connectivity index (χ4n) is 2.94. The molecular formula is C15H19FN2S. The largest absolute Gasteiger partial charge is 0.330 e. The quantitative estimate of drug-likeness (QED) is 0.923. The first-order valence-corrected chi connectivity index (χ1v) is 7.80. The van der Waals surface area contributed by atoms with E-state index < -0.39 is 0 Å². The number of fused-ring (bicyclic) bond motifs is 1. The van der Waals surface area contributed by atoms with Gasteiger partial charge in [0.15, 0.2) is 0 Å². The normalized spacial score (nSPS) is 30.0. The van der Waals surface area contributed by atoms with E-state index >= 15 is 0 Å². The molecule has 3 unspecified atom stereocenters. The molecule has 1 aromatic rings. The summed E-state index contributed by atoms with van der Waals surface area (Å²) in [5.41, 5.74) is 6.92. The first-order valence-electron chi connectivity index (χ1n) is 6.92. The van der Waals surface area contributed by atoms with Crippen molar-refractivity contribution in [2.24, 2.45) is 16.6 Å². The van der Waals surface area contributed by atoms with Crippen LogP contribution in [0.2, 0.25) is 0 Å². The summed E-state index contributed by atoms with van der Waals surface area (Å²) >= 11 is 1.91. The second-order valence-corrected chi connectivity index (χ2v) is 6.78. The maximum Gasteiger partial charge on any atom is 0.123 e. The number of hydrogen-bond acceptors (Lipinski definition) is 3. The van der Waals surface area contributed by atoms with Gasteiger partial charge in [-0.3, -0.25) is 4.99 Å². The molecule has 2 nitrogen and oxygen atoms in total. The maximum atomic E-state index is 12.9. The molecule has 0 amide bonds. The van der Waals surface area contributed by atoms with E-state index in [1.807, 2.05) is 23.9 Å². The first kappa shape index (κ1) is 13.1. The molecule has 3 atom stereocenters. The van der Waals surface area contributed by atoms with Crippen LogP contribution in [0.5, 0.6) is 0 Å². The molecule has 0 bridgehead atoms. The fourth-order valence-corrected chi connectivity index (χ4v) is 4.46. The monoisotopic (exact) mass is 278 g/mol. The lowest BCUT2D eigenvalue weighted by molar-refractivity contribution is 0.347. The Balaban J connectivity index is 1.63. The van der Waals surface area contributed by atoms with Crippen LogP contribution in [-0.4, -0.2) is 22.9 Å². The van der Waals surface area contributed by atoms with E-state index in [2.05, 4.69) is 0 Å². The van der Waals surface area contributed by atoms with Crippen molar-refractivity contribution >= 4 is 16.8 Å². The minimum Gasteiger partial charge on any atom is -0.330 e. The molecule has 102 valence electrons. The van der Waals surface area contributed by atoms with Gasteiger partial charge >= 0.3 is 0 Å². The lowest BCUT2D eigenvalue weighted by Gasteiger charge is -2.28. The zero-order valence-corrected chi connectivity index (χ0v) is 11.7. The molecule has 2 N–H and O–H groups in total. The highest BCUT2D eigenvalue weighted by atomic mass is 32.2. The summed E-state index contributed by atoms with van der Waals surface area (Å²) in [5, 5.41) is 1.83. The van der Waals surface area contributed by atoms with Gasteiger partial charge in [-0.25, -0.2) is 4.39 Å². The smallest absolute Gasteiger partial charge is 0.123 e. The van der Waals surface area contributed by atoms with E-state index in [9.17, 15) is 4.39 Å². The highest BCUT2D eigenvalue weighted by Gasteiger charge is 2.35. The van der Waals surface area contributed by atoms with Gasteiger partial charge in [0.1, 0.15) is 5.82 Å². The van der Waals surface area contributed by atoms with Crippen LogP contribution in [0, 0.1) is 11.7 Å². The highest BCUT2D eigenvalue weighted by molar-refractivity contribution is 8.14. The summed E-state index contributed by atoms with van der Waals surface area (Å²) in [7, 11) is 0. The van der Waals surface area contributed by atoms with E-state index in [4.69, 9.17) is 10.7 Å². The standard InChI is InChI=1S/C15H19FN2S/c16-12-4-1-10(2-5-12)8-15-18-13-6-3-11(9-17)7-14(13)19-15/h1-2,4-5,11,13-14H,3,6-9,17H2. The molecule has 1 aliphatic heterocycles. The number of nitrogens with zero attached hydrogens (tertiary/aromatic N) is 1. The predicted molar refractivity (Wildman–Crippen MR) is 79.1 cm³/mol. The Hall–Kier alpha value is -0.870.